The number of nitrogens with two attached hydrogens (primary N) is 1. The van der Waals surface area contributed by atoms with Gasteiger partial charge in [0.25, 0.3) is 0 Å². The number of amides is 1. The molecule has 0 saturated heterocycles. The fourth-order valence-electron chi connectivity index (χ4n) is 3.27. The summed E-state index contributed by atoms with van der Waals surface area (Å²) in [4.78, 5) is 14.8. The van der Waals surface area contributed by atoms with Crippen molar-refractivity contribution in [2.75, 3.05) is 19.6 Å². The predicted octanol–water partition coefficient (Wildman–Crippen LogP) is 3.47. The summed E-state index contributed by atoms with van der Waals surface area (Å²) in [6.45, 7) is 6.84. The van der Waals surface area contributed by atoms with Gasteiger partial charge in [-0.3, -0.25) is 9.69 Å². The van der Waals surface area contributed by atoms with Crippen LogP contribution >= 0.6 is 24.8 Å². The molecule has 0 aliphatic rings. The number of carbonyl (C=O) groups excluding carboxylic acids is 1. The Morgan fingerprint density at radius 3 is 1.82 bits per heavy atom. The SMILES string of the molecule is CCN(CC)C(CNC(=O)C(N)Cc1ccccc1)Cc1ccccc1.Cl.Cl. The van der Waals surface area contributed by atoms with Crippen LogP contribution in [0.4, 0.5) is 0 Å². The van der Waals surface area contributed by atoms with Crippen molar-refractivity contribution >= 4 is 30.7 Å². The Kier molecular flexibility index (Phi) is 13.6. The summed E-state index contributed by atoms with van der Waals surface area (Å²) in [5, 5.41) is 3.07. The zero-order valence-electron chi connectivity index (χ0n) is 16.7. The molecule has 156 valence electrons. The number of hydrogen-bond acceptors (Lipinski definition) is 3. The minimum atomic E-state index is -0.522. The van der Waals surface area contributed by atoms with Crippen molar-refractivity contribution in [3.05, 3.63) is 71.8 Å². The minimum Gasteiger partial charge on any atom is -0.353 e. The van der Waals surface area contributed by atoms with E-state index in [4.69, 9.17) is 5.73 Å². The molecule has 0 heterocycles. The highest BCUT2D eigenvalue weighted by Gasteiger charge is 2.20. The van der Waals surface area contributed by atoms with Crippen molar-refractivity contribution in [2.24, 2.45) is 5.73 Å². The van der Waals surface area contributed by atoms with E-state index in [0.717, 1.165) is 25.1 Å². The van der Waals surface area contributed by atoms with Crippen LogP contribution in [0.25, 0.3) is 0 Å². The molecule has 0 spiro atoms. The van der Waals surface area contributed by atoms with E-state index in [1.165, 1.54) is 5.56 Å². The number of halogens is 2. The second-order valence-electron chi connectivity index (χ2n) is 6.61. The Morgan fingerprint density at radius 1 is 0.893 bits per heavy atom. The summed E-state index contributed by atoms with van der Waals surface area (Å²) in [7, 11) is 0. The average molecular weight is 426 g/mol. The third-order valence-electron chi connectivity index (χ3n) is 4.79. The molecule has 2 unspecified atom stereocenters. The highest BCUT2D eigenvalue weighted by molar-refractivity contribution is 5.85. The summed E-state index contributed by atoms with van der Waals surface area (Å²) in [5.41, 5.74) is 8.47. The van der Waals surface area contributed by atoms with Crippen molar-refractivity contribution < 1.29 is 4.79 Å². The van der Waals surface area contributed by atoms with Gasteiger partial charge < -0.3 is 11.1 Å². The maximum Gasteiger partial charge on any atom is 0.237 e. The van der Waals surface area contributed by atoms with Gasteiger partial charge in [0.2, 0.25) is 5.91 Å². The smallest absolute Gasteiger partial charge is 0.237 e. The molecule has 0 bridgehead atoms. The predicted molar refractivity (Wildman–Crippen MR) is 122 cm³/mol. The van der Waals surface area contributed by atoms with E-state index in [9.17, 15) is 4.79 Å². The lowest BCUT2D eigenvalue weighted by Gasteiger charge is -2.30. The number of likely N-dealkylation sites (N-methyl/N-ethyl adjacent to an activating group) is 1. The molecule has 0 aromatic heterocycles. The third-order valence-corrected chi connectivity index (χ3v) is 4.79. The molecular weight excluding hydrogens is 393 g/mol. The van der Waals surface area contributed by atoms with Gasteiger partial charge in [0.1, 0.15) is 0 Å². The summed E-state index contributed by atoms with van der Waals surface area (Å²) < 4.78 is 0. The van der Waals surface area contributed by atoms with E-state index < -0.39 is 6.04 Å². The van der Waals surface area contributed by atoms with Gasteiger partial charge in [0.05, 0.1) is 6.04 Å². The molecule has 0 fully saturated rings. The van der Waals surface area contributed by atoms with Gasteiger partial charge in [-0.15, -0.1) is 24.8 Å². The lowest BCUT2D eigenvalue weighted by molar-refractivity contribution is -0.122. The van der Waals surface area contributed by atoms with E-state index in [-0.39, 0.29) is 36.8 Å². The van der Waals surface area contributed by atoms with Crippen LogP contribution in [0.15, 0.2) is 60.7 Å². The number of nitrogens with zero attached hydrogens (tertiary/aromatic N) is 1. The van der Waals surface area contributed by atoms with Gasteiger partial charge in [0, 0.05) is 12.6 Å². The Balaban J connectivity index is 0.00000364. The zero-order valence-corrected chi connectivity index (χ0v) is 18.3. The van der Waals surface area contributed by atoms with Gasteiger partial charge in [-0.25, -0.2) is 0 Å². The van der Waals surface area contributed by atoms with Gasteiger partial charge in [-0.1, -0.05) is 74.5 Å². The Bertz CT molecular complexity index is 651. The molecule has 0 aliphatic heterocycles. The highest BCUT2D eigenvalue weighted by Crippen LogP contribution is 2.09. The van der Waals surface area contributed by atoms with Crippen molar-refractivity contribution in [3.63, 3.8) is 0 Å². The Hall–Kier alpha value is -1.59. The second-order valence-corrected chi connectivity index (χ2v) is 6.61. The fraction of sp³-hybridized carbons (Fsp3) is 0.409. The lowest BCUT2D eigenvalue weighted by Crippen LogP contribution is -2.49. The number of benzene rings is 2. The van der Waals surface area contributed by atoms with Gasteiger partial charge in [0.15, 0.2) is 0 Å². The van der Waals surface area contributed by atoms with E-state index in [1.54, 1.807) is 0 Å². The first-order valence-electron chi connectivity index (χ1n) is 9.49. The van der Waals surface area contributed by atoms with E-state index in [1.807, 2.05) is 36.4 Å². The summed E-state index contributed by atoms with van der Waals surface area (Å²) in [6, 6.07) is 20.1. The average Bonchev–Trinajstić information content (AvgIpc) is 2.68. The molecule has 6 heteroatoms. The number of rotatable bonds is 10. The molecule has 1 amide bonds. The monoisotopic (exact) mass is 425 g/mol. The number of nitrogens with one attached hydrogen (secondary N) is 1. The topological polar surface area (TPSA) is 58.4 Å². The van der Waals surface area contributed by atoms with E-state index in [2.05, 4.69) is 48.3 Å². The molecule has 28 heavy (non-hydrogen) atoms. The normalized spacial score (nSPS) is 12.4. The highest BCUT2D eigenvalue weighted by atomic mass is 35.5. The minimum absolute atomic E-state index is 0. The molecule has 2 atom stereocenters. The largest absolute Gasteiger partial charge is 0.353 e. The van der Waals surface area contributed by atoms with Crippen LogP contribution in [-0.4, -0.2) is 42.5 Å². The van der Waals surface area contributed by atoms with Gasteiger partial charge in [-0.05, 0) is 37.1 Å². The molecule has 0 saturated carbocycles. The van der Waals surface area contributed by atoms with E-state index in [0.29, 0.717) is 13.0 Å². The standard InChI is InChI=1S/C22H31N3O.2ClH/c1-3-25(4-2)20(15-18-11-7-5-8-12-18)17-24-22(26)21(23)16-19-13-9-6-10-14-19;;/h5-14,20-21H,3-4,15-17,23H2,1-2H3,(H,24,26);2*1H. The maximum atomic E-state index is 12.4. The first kappa shape index (κ1) is 26.4. The van der Waals surface area contributed by atoms with Gasteiger partial charge in [-0.2, -0.15) is 0 Å². The third kappa shape index (κ3) is 8.61. The van der Waals surface area contributed by atoms with Crippen LogP contribution in [0, 0.1) is 0 Å². The molecule has 3 N–H and O–H groups in total. The second kappa shape index (κ2) is 14.4. The van der Waals surface area contributed by atoms with Crippen molar-refractivity contribution in [1.29, 1.82) is 0 Å². The molecular formula is C22H33Cl2N3O. The van der Waals surface area contributed by atoms with Crippen LogP contribution < -0.4 is 11.1 Å². The van der Waals surface area contributed by atoms with Crippen LogP contribution in [0.1, 0.15) is 25.0 Å². The van der Waals surface area contributed by atoms with Crippen LogP contribution in [-0.2, 0) is 17.6 Å². The summed E-state index contributed by atoms with van der Waals surface area (Å²) in [5.74, 6) is -0.0842. The number of carbonyl (C=O) groups is 1. The number of hydrogen-bond donors (Lipinski definition) is 2. The zero-order chi connectivity index (χ0) is 18.8. The summed E-state index contributed by atoms with van der Waals surface area (Å²) >= 11 is 0. The van der Waals surface area contributed by atoms with Crippen LogP contribution in [0.2, 0.25) is 0 Å². The quantitative estimate of drug-likeness (QED) is 0.612. The van der Waals surface area contributed by atoms with Crippen molar-refractivity contribution in [2.45, 2.75) is 38.8 Å². The first-order valence-corrected chi connectivity index (χ1v) is 9.49. The van der Waals surface area contributed by atoms with E-state index >= 15 is 0 Å². The lowest BCUT2D eigenvalue weighted by atomic mass is 10.0. The van der Waals surface area contributed by atoms with Crippen LogP contribution in [0.3, 0.4) is 0 Å². The van der Waals surface area contributed by atoms with Gasteiger partial charge >= 0.3 is 0 Å². The van der Waals surface area contributed by atoms with Crippen molar-refractivity contribution in [3.8, 4) is 0 Å². The molecule has 2 aromatic carbocycles. The molecule has 0 aliphatic carbocycles. The molecule has 0 radical (unpaired) electrons. The molecule has 4 nitrogen and oxygen atoms in total. The first-order chi connectivity index (χ1) is 12.6. The fourth-order valence-corrected chi connectivity index (χ4v) is 3.27. The molecule has 2 rings (SSSR count). The summed E-state index contributed by atoms with van der Waals surface area (Å²) in [6.07, 6.45) is 1.47. The maximum absolute atomic E-state index is 12.4. The molecule has 2 aromatic rings. The van der Waals surface area contributed by atoms with Crippen molar-refractivity contribution in [1.82, 2.24) is 10.2 Å². The van der Waals surface area contributed by atoms with Crippen LogP contribution in [0.5, 0.6) is 0 Å². The Morgan fingerprint density at radius 2 is 1.36 bits per heavy atom. The Labute approximate surface area is 181 Å².